The molecule has 0 aromatic carbocycles. The van der Waals surface area contributed by atoms with Crippen LogP contribution >= 0.6 is 0 Å². The molecule has 0 spiro atoms. The molecular weight excluding hydrogens is 560 g/mol. The minimum absolute atomic E-state index is 0.562. The largest absolute Gasteiger partial charge is 0.456 e. The molecule has 0 aromatic rings. The first-order chi connectivity index (χ1) is 18.8. The molecule has 0 radical (unpaired) electrons. The Labute approximate surface area is 235 Å². The summed E-state index contributed by atoms with van der Waals surface area (Å²) >= 11 is 0. The van der Waals surface area contributed by atoms with E-state index < -0.39 is 97.2 Å². The highest BCUT2D eigenvalue weighted by Crippen LogP contribution is 2.29. The van der Waals surface area contributed by atoms with Crippen LogP contribution in [0.25, 0.3) is 0 Å². The van der Waals surface area contributed by atoms with E-state index in [4.69, 9.17) is 44.1 Å². The van der Waals surface area contributed by atoms with Crippen LogP contribution in [0, 0.1) is 0 Å². The Morgan fingerprint density at radius 1 is 0.488 bits per heavy atom. The van der Waals surface area contributed by atoms with Gasteiger partial charge in [-0.2, -0.15) is 0 Å². The van der Waals surface area contributed by atoms with Gasteiger partial charge in [-0.1, -0.05) is 0 Å². The van der Waals surface area contributed by atoms with Crippen LogP contribution in [0.4, 0.5) is 0 Å². The molecule has 5 unspecified atom stereocenters. The lowest BCUT2D eigenvalue weighted by Gasteiger charge is -2.42. The zero-order valence-corrected chi connectivity index (χ0v) is 23.9. The third kappa shape index (κ3) is 13.8. The molecule has 17 heteroatoms. The standard InChI is InChI=1S/C14H20O9.C6H12O5.C4H6O3/c1-6-11(20-7(2)15)12(21-8(3)16)13(22-9(4)17)14(19-6)23-10(5)18;1-2-3(7)4(8)5(9)6(10)11-2;1-3(5)7-4(2)6/h6,11-14H,1-5H3;2-10H,1H3;1-2H3/t6?,11-,12+,13?,14+;2?,3-,4+,5?,6?;/m11./s1. The molecule has 0 amide bonds. The van der Waals surface area contributed by atoms with E-state index in [1.165, 1.54) is 27.7 Å². The third-order valence-electron chi connectivity index (χ3n) is 5.03. The number of carbonyl (C=O) groups excluding carboxylic acids is 6. The summed E-state index contributed by atoms with van der Waals surface area (Å²) in [6, 6.07) is 0. The molecule has 2 rings (SSSR count). The Hall–Kier alpha value is -3.22. The normalized spacial score (nSPS) is 32.3. The van der Waals surface area contributed by atoms with Gasteiger partial charge in [-0.05, 0) is 13.8 Å². The average Bonchev–Trinajstić information content (AvgIpc) is 2.80. The molecule has 2 fully saturated rings. The van der Waals surface area contributed by atoms with Crippen LogP contribution in [0.3, 0.4) is 0 Å². The summed E-state index contributed by atoms with van der Waals surface area (Å²) in [5.41, 5.74) is 0. The Morgan fingerprint density at radius 3 is 1.29 bits per heavy atom. The van der Waals surface area contributed by atoms with E-state index in [1.807, 2.05) is 0 Å². The van der Waals surface area contributed by atoms with Crippen molar-refractivity contribution in [1.29, 1.82) is 0 Å². The number of esters is 6. The van der Waals surface area contributed by atoms with Gasteiger partial charge in [-0.15, -0.1) is 0 Å². The van der Waals surface area contributed by atoms with Crippen molar-refractivity contribution in [3.05, 3.63) is 0 Å². The molecule has 0 aromatic heterocycles. The maximum Gasteiger partial charge on any atom is 0.310 e. The average molecular weight is 599 g/mol. The maximum absolute atomic E-state index is 11.4. The molecular formula is C24H38O17. The lowest BCUT2D eigenvalue weighted by Crippen LogP contribution is -2.61. The van der Waals surface area contributed by atoms with Crippen LogP contribution < -0.4 is 0 Å². The van der Waals surface area contributed by atoms with Crippen molar-refractivity contribution in [3.8, 4) is 0 Å². The highest BCUT2D eigenvalue weighted by Gasteiger charge is 2.51. The number of carbonyl (C=O) groups is 6. The summed E-state index contributed by atoms with van der Waals surface area (Å²) in [6.07, 6.45) is -11.5. The Balaban J connectivity index is 0.000000728. The van der Waals surface area contributed by atoms with E-state index in [2.05, 4.69) is 9.47 Å². The fourth-order valence-corrected chi connectivity index (χ4v) is 3.46. The van der Waals surface area contributed by atoms with Crippen molar-refractivity contribution in [2.24, 2.45) is 0 Å². The van der Waals surface area contributed by atoms with Crippen LogP contribution in [0.2, 0.25) is 0 Å². The minimum atomic E-state index is -1.43. The summed E-state index contributed by atoms with van der Waals surface area (Å²) in [4.78, 5) is 64.8. The van der Waals surface area contributed by atoms with Crippen LogP contribution in [-0.2, 0) is 61.9 Å². The first-order valence-electron chi connectivity index (χ1n) is 12.2. The van der Waals surface area contributed by atoms with Gasteiger partial charge < -0.3 is 53.6 Å². The zero-order chi connectivity index (χ0) is 32.2. The number of hydrogen-bond donors (Lipinski definition) is 4. The molecule has 2 heterocycles. The van der Waals surface area contributed by atoms with E-state index in [9.17, 15) is 28.8 Å². The minimum Gasteiger partial charge on any atom is -0.456 e. The summed E-state index contributed by atoms with van der Waals surface area (Å²) in [5, 5.41) is 36.0. The second kappa shape index (κ2) is 17.6. The monoisotopic (exact) mass is 598 g/mol. The Morgan fingerprint density at radius 2 is 0.902 bits per heavy atom. The molecule has 2 aliphatic heterocycles. The van der Waals surface area contributed by atoms with Gasteiger partial charge in [0.1, 0.15) is 18.3 Å². The van der Waals surface area contributed by atoms with Crippen LogP contribution in [0.15, 0.2) is 0 Å². The van der Waals surface area contributed by atoms with E-state index in [1.54, 1.807) is 6.92 Å². The summed E-state index contributed by atoms with van der Waals surface area (Å²) in [5.74, 6) is -3.81. The van der Waals surface area contributed by atoms with E-state index >= 15 is 0 Å². The maximum atomic E-state index is 11.4. The first kappa shape index (κ1) is 37.8. The van der Waals surface area contributed by atoms with Crippen molar-refractivity contribution in [3.63, 3.8) is 0 Å². The number of ether oxygens (including phenoxy) is 7. The molecule has 2 aliphatic rings. The van der Waals surface area contributed by atoms with Gasteiger partial charge in [-0.3, -0.25) is 28.8 Å². The quantitative estimate of drug-likeness (QED) is 0.155. The smallest absolute Gasteiger partial charge is 0.310 e. The van der Waals surface area contributed by atoms with Gasteiger partial charge in [0.15, 0.2) is 18.5 Å². The van der Waals surface area contributed by atoms with Crippen LogP contribution in [-0.4, -0.2) is 118 Å². The third-order valence-corrected chi connectivity index (χ3v) is 5.03. The summed E-state index contributed by atoms with van der Waals surface area (Å²) in [7, 11) is 0. The number of hydrogen-bond acceptors (Lipinski definition) is 17. The SMILES string of the molecule is CC(=O)OC(C)=O.CC(=O)OC1[C@H](OC(C)=O)OC(C)[C@@H](OC(C)=O)[C@@H]1OC(C)=O.CC1OC(O)C(O)[C@@H](O)[C@@H]1O. The van der Waals surface area contributed by atoms with Gasteiger partial charge in [0.25, 0.3) is 0 Å². The Bertz CT molecular complexity index is 894. The molecule has 17 nitrogen and oxygen atoms in total. The molecule has 0 aliphatic carbocycles. The molecule has 236 valence electrons. The van der Waals surface area contributed by atoms with E-state index in [-0.39, 0.29) is 0 Å². The van der Waals surface area contributed by atoms with Gasteiger partial charge in [-0.25, -0.2) is 0 Å². The van der Waals surface area contributed by atoms with Gasteiger partial charge in [0.2, 0.25) is 12.4 Å². The number of aliphatic hydroxyl groups is 4. The molecule has 0 bridgehead atoms. The Kier molecular flexibility index (Phi) is 16.2. The fraction of sp³-hybridized carbons (Fsp3) is 0.750. The van der Waals surface area contributed by atoms with E-state index in [0.29, 0.717) is 0 Å². The highest BCUT2D eigenvalue weighted by molar-refractivity contribution is 5.82. The van der Waals surface area contributed by atoms with Gasteiger partial charge >= 0.3 is 35.8 Å². The lowest BCUT2D eigenvalue weighted by atomic mass is 9.99. The summed E-state index contributed by atoms with van der Waals surface area (Å²) in [6.45, 7) is 10.0. The van der Waals surface area contributed by atoms with Crippen molar-refractivity contribution in [2.75, 3.05) is 0 Å². The second-order valence-electron chi connectivity index (χ2n) is 8.83. The zero-order valence-electron chi connectivity index (χ0n) is 23.9. The molecule has 10 atom stereocenters. The van der Waals surface area contributed by atoms with Crippen molar-refractivity contribution < 1.29 is 82.4 Å². The lowest BCUT2D eigenvalue weighted by molar-refractivity contribution is -0.292. The number of aliphatic hydroxyl groups excluding tert-OH is 4. The number of rotatable bonds is 4. The predicted molar refractivity (Wildman–Crippen MR) is 130 cm³/mol. The van der Waals surface area contributed by atoms with Crippen molar-refractivity contribution in [1.82, 2.24) is 0 Å². The van der Waals surface area contributed by atoms with Gasteiger partial charge in [0.05, 0.1) is 12.2 Å². The first-order valence-corrected chi connectivity index (χ1v) is 12.2. The summed E-state index contributed by atoms with van der Waals surface area (Å²) < 4.78 is 34.4. The highest BCUT2D eigenvalue weighted by atomic mass is 16.7. The second-order valence-corrected chi connectivity index (χ2v) is 8.83. The van der Waals surface area contributed by atoms with Gasteiger partial charge in [0, 0.05) is 41.5 Å². The van der Waals surface area contributed by atoms with Crippen LogP contribution in [0.5, 0.6) is 0 Å². The van der Waals surface area contributed by atoms with Crippen molar-refractivity contribution in [2.45, 2.75) is 117 Å². The predicted octanol–water partition coefficient (Wildman–Crippen LogP) is -2.01. The molecule has 0 saturated carbocycles. The molecule has 4 N–H and O–H groups in total. The van der Waals surface area contributed by atoms with E-state index in [0.717, 1.165) is 20.8 Å². The van der Waals surface area contributed by atoms with Crippen LogP contribution in [0.1, 0.15) is 55.4 Å². The molecule has 2 saturated heterocycles. The topological polar surface area (TPSA) is 248 Å². The fourth-order valence-electron chi connectivity index (χ4n) is 3.46. The molecule has 41 heavy (non-hydrogen) atoms. The van der Waals surface area contributed by atoms with Crippen molar-refractivity contribution >= 4 is 35.8 Å².